The standard InChI is InChI=1S/C24H23N5O2S2/c1-3-31-20-12-10-19(11-13-20)29-23(18-7-5-4-6-8-18)27-28-24(29)32-16-22(30)26-25-15-21-14-9-17(2)33-21/h4-15H,3,16H2,1-2H3,(H,26,30)/b25-15-. The molecule has 0 fully saturated rings. The smallest absolute Gasteiger partial charge is 0.250 e. The van der Waals surface area contributed by atoms with Gasteiger partial charge < -0.3 is 4.74 Å². The van der Waals surface area contributed by atoms with Gasteiger partial charge in [-0.2, -0.15) is 5.10 Å². The molecule has 1 N–H and O–H groups in total. The number of nitrogens with zero attached hydrogens (tertiary/aromatic N) is 4. The molecule has 2 aromatic heterocycles. The van der Waals surface area contributed by atoms with Gasteiger partial charge in [-0.25, -0.2) is 5.43 Å². The van der Waals surface area contributed by atoms with Crippen molar-refractivity contribution >= 4 is 35.2 Å². The summed E-state index contributed by atoms with van der Waals surface area (Å²) in [5, 5.41) is 13.4. The summed E-state index contributed by atoms with van der Waals surface area (Å²) in [6, 6.07) is 21.6. The van der Waals surface area contributed by atoms with Crippen molar-refractivity contribution in [1.82, 2.24) is 20.2 Å². The first-order valence-corrected chi connectivity index (χ1v) is 12.2. The number of nitrogens with one attached hydrogen (secondary N) is 1. The van der Waals surface area contributed by atoms with Gasteiger partial charge in [0.2, 0.25) is 0 Å². The number of thiophene rings is 1. The third-order valence-corrected chi connectivity index (χ3v) is 6.41. The molecule has 0 aliphatic heterocycles. The fraction of sp³-hybridized carbons (Fsp3) is 0.167. The van der Waals surface area contributed by atoms with Gasteiger partial charge in [-0.1, -0.05) is 42.1 Å². The lowest BCUT2D eigenvalue weighted by Gasteiger charge is -2.11. The van der Waals surface area contributed by atoms with E-state index in [9.17, 15) is 4.79 Å². The van der Waals surface area contributed by atoms with Crippen LogP contribution in [0.5, 0.6) is 5.75 Å². The fourth-order valence-corrected chi connectivity index (χ4v) is 4.58. The minimum atomic E-state index is -0.216. The number of carbonyl (C=O) groups excluding carboxylic acids is 1. The van der Waals surface area contributed by atoms with E-state index in [1.54, 1.807) is 17.6 Å². The number of benzene rings is 2. The highest BCUT2D eigenvalue weighted by atomic mass is 32.2. The Bertz CT molecular complexity index is 1230. The molecule has 0 aliphatic carbocycles. The number of amides is 1. The maximum absolute atomic E-state index is 12.3. The second-order valence-electron chi connectivity index (χ2n) is 6.96. The van der Waals surface area contributed by atoms with Gasteiger partial charge in [0.05, 0.1) is 18.6 Å². The Morgan fingerprint density at radius 1 is 1.12 bits per heavy atom. The molecule has 4 rings (SSSR count). The SMILES string of the molecule is CCOc1ccc(-n2c(SCC(=O)N/N=C\c3ccc(C)s3)nnc2-c2ccccc2)cc1. The number of hydrogen-bond acceptors (Lipinski definition) is 7. The molecule has 7 nitrogen and oxygen atoms in total. The van der Waals surface area contributed by atoms with Gasteiger partial charge in [0.1, 0.15) is 5.75 Å². The average Bonchev–Trinajstić information content (AvgIpc) is 3.45. The van der Waals surface area contributed by atoms with Crippen molar-refractivity contribution in [3.63, 3.8) is 0 Å². The molecule has 0 spiro atoms. The predicted octanol–water partition coefficient (Wildman–Crippen LogP) is 4.95. The van der Waals surface area contributed by atoms with Gasteiger partial charge in [-0.3, -0.25) is 9.36 Å². The molecule has 2 aromatic carbocycles. The molecular weight excluding hydrogens is 454 g/mol. The largest absolute Gasteiger partial charge is 0.494 e. The zero-order chi connectivity index (χ0) is 23.0. The van der Waals surface area contributed by atoms with Crippen molar-refractivity contribution < 1.29 is 9.53 Å². The van der Waals surface area contributed by atoms with E-state index in [0.29, 0.717) is 17.6 Å². The molecule has 0 aliphatic rings. The number of rotatable bonds is 9. The Labute approximate surface area is 200 Å². The molecule has 168 valence electrons. The lowest BCUT2D eigenvalue weighted by molar-refractivity contribution is -0.118. The van der Waals surface area contributed by atoms with E-state index in [-0.39, 0.29) is 11.7 Å². The van der Waals surface area contributed by atoms with Gasteiger partial charge in [-0.15, -0.1) is 21.5 Å². The van der Waals surface area contributed by atoms with Gasteiger partial charge in [0, 0.05) is 21.0 Å². The molecule has 33 heavy (non-hydrogen) atoms. The molecule has 2 heterocycles. The normalized spacial score (nSPS) is 11.1. The van der Waals surface area contributed by atoms with E-state index in [1.807, 2.05) is 85.1 Å². The van der Waals surface area contributed by atoms with Crippen LogP contribution >= 0.6 is 23.1 Å². The minimum Gasteiger partial charge on any atom is -0.494 e. The van der Waals surface area contributed by atoms with Crippen LogP contribution in [0.2, 0.25) is 0 Å². The highest BCUT2D eigenvalue weighted by Crippen LogP contribution is 2.28. The zero-order valence-electron chi connectivity index (χ0n) is 18.3. The summed E-state index contributed by atoms with van der Waals surface area (Å²) in [4.78, 5) is 14.5. The van der Waals surface area contributed by atoms with Crippen LogP contribution in [0.3, 0.4) is 0 Å². The van der Waals surface area contributed by atoms with Crippen LogP contribution in [0.25, 0.3) is 17.1 Å². The number of thioether (sulfide) groups is 1. The average molecular weight is 478 g/mol. The molecule has 0 radical (unpaired) electrons. The van der Waals surface area contributed by atoms with E-state index in [2.05, 4.69) is 20.7 Å². The maximum Gasteiger partial charge on any atom is 0.250 e. The van der Waals surface area contributed by atoms with E-state index >= 15 is 0 Å². The number of hydrogen-bond donors (Lipinski definition) is 1. The summed E-state index contributed by atoms with van der Waals surface area (Å²) in [5.74, 6) is 1.44. The second-order valence-corrected chi connectivity index (χ2v) is 9.23. The van der Waals surface area contributed by atoms with Crippen LogP contribution in [0.1, 0.15) is 16.7 Å². The number of aryl methyl sites for hydroxylation is 1. The number of carbonyl (C=O) groups is 1. The fourth-order valence-electron chi connectivity index (χ4n) is 3.08. The Hall–Kier alpha value is -3.43. The Morgan fingerprint density at radius 3 is 2.61 bits per heavy atom. The summed E-state index contributed by atoms with van der Waals surface area (Å²) in [6.45, 7) is 4.58. The molecule has 1 amide bonds. The molecule has 0 bridgehead atoms. The van der Waals surface area contributed by atoms with Crippen LogP contribution in [0, 0.1) is 6.92 Å². The van der Waals surface area contributed by atoms with E-state index < -0.39 is 0 Å². The number of hydrazone groups is 1. The van der Waals surface area contributed by atoms with Crippen molar-refractivity contribution in [2.24, 2.45) is 5.10 Å². The Balaban J connectivity index is 1.52. The van der Waals surface area contributed by atoms with Crippen LogP contribution < -0.4 is 10.2 Å². The van der Waals surface area contributed by atoms with Gasteiger partial charge in [-0.05, 0) is 50.2 Å². The Kier molecular flexibility index (Phi) is 7.54. The van der Waals surface area contributed by atoms with Gasteiger partial charge in [0.15, 0.2) is 11.0 Å². The van der Waals surface area contributed by atoms with Crippen molar-refractivity contribution in [3.8, 4) is 22.8 Å². The summed E-state index contributed by atoms with van der Waals surface area (Å²) < 4.78 is 7.51. The molecular formula is C24H23N5O2S2. The zero-order valence-corrected chi connectivity index (χ0v) is 19.9. The van der Waals surface area contributed by atoms with Crippen LogP contribution in [-0.4, -0.2) is 39.2 Å². The predicted molar refractivity (Wildman–Crippen MR) is 133 cm³/mol. The van der Waals surface area contributed by atoms with Crippen LogP contribution in [0.15, 0.2) is 77.0 Å². The van der Waals surface area contributed by atoms with Crippen molar-refractivity contribution in [2.75, 3.05) is 12.4 Å². The van der Waals surface area contributed by atoms with E-state index in [0.717, 1.165) is 21.9 Å². The van der Waals surface area contributed by atoms with Crippen molar-refractivity contribution in [1.29, 1.82) is 0 Å². The summed E-state index contributed by atoms with van der Waals surface area (Å²) >= 11 is 2.92. The van der Waals surface area contributed by atoms with Crippen LogP contribution in [0.4, 0.5) is 0 Å². The minimum absolute atomic E-state index is 0.158. The third kappa shape index (κ3) is 5.88. The van der Waals surface area contributed by atoms with Crippen LogP contribution in [-0.2, 0) is 4.79 Å². The summed E-state index contributed by atoms with van der Waals surface area (Å²) in [5.41, 5.74) is 4.39. The lowest BCUT2D eigenvalue weighted by atomic mass is 10.2. The van der Waals surface area contributed by atoms with Crippen molar-refractivity contribution in [2.45, 2.75) is 19.0 Å². The second kappa shape index (κ2) is 10.9. The topological polar surface area (TPSA) is 81.4 Å². The molecule has 4 aromatic rings. The molecule has 9 heteroatoms. The van der Waals surface area contributed by atoms with E-state index in [4.69, 9.17) is 4.74 Å². The molecule has 0 saturated carbocycles. The maximum atomic E-state index is 12.3. The van der Waals surface area contributed by atoms with E-state index in [1.165, 1.54) is 16.6 Å². The first-order valence-electron chi connectivity index (χ1n) is 10.4. The van der Waals surface area contributed by atoms with Gasteiger partial charge in [0.25, 0.3) is 5.91 Å². The summed E-state index contributed by atoms with van der Waals surface area (Å²) in [6.07, 6.45) is 1.65. The molecule has 0 atom stereocenters. The van der Waals surface area contributed by atoms with Gasteiger partial charge >= 0.3 is 0 Å². The first kappa shape index (κ1) is 22.8. The molecule has 0 unspecified atom stereocenters. The highest BCUT2D eigenvalue weighted by molar-refractivity contribution is 7.99. The monoisotopic (exact) mass is 477 g/mol. The lowest BCUT2D eigenvalue weighted by Crippen LogP contribution is -2.19. The third-order valence-electron chi connectivity index (χ3n) is 4.55. The first-order chi connectivity index (χ1) is 16.1. The number of aromatic nitrogens is 3. The Morgan fingerprint density at radius 2 is 1.91 bits per heavy atom. The quantitative estimate of drug-likeness (QED) is 0.210. The molecule has 0 saturated heterocycles. The summed E-state index contributed by atoms with van der Waals surface area (Å²) in [7, 11) is 0. The highest BCUT2D eigenvalue weighted by Gasteiger charge is 2.17. The number of ether oxygens (including phenoxy) is 1. The van der Waals surface area contributed by atoms with Crippen molar-refractivity contribution in [3.05, 3.63) is 76.5 Å².